The van der Waals surface area contributed by atoms with Crippen LogP contribution in [0.5, 0.6) is 0 Å². The Kier molecular flexibility index (Phi) is 3.15. The fourth-order valence-electron chi connectivity index (χ4n) is 1.64. The van der Waals surface area contributed by atoms with Crippen LogP contribution in [0, 0.1) is 5.82 Å². The van der Waals surface area contributed by atoms with Gasteiger partial charge in [-0.15, -0.1) is 0 Å². The Morgan fingerprint density at radius 1 is 1.59 bits per heavy atom. The summed E-state index contributed by atoms with van der Waals surface area (Å²) in [5, 5.41) is 0. The lowest BCUT2D eigenvalue weighted by atomic mass is 9.98. The lowest BCUT2D eigenvalue weighted by molar-refractivity contribution is -0.151. The topological polar surface area (TPSA) is 52.6 Å². The Hall–Kier alpha value is -1.43. The molecule has 1 heterocycles. The van der Waals surface area contributed by atoms with Crippen LogP contribution in [0.4, 0.5) is 4.39 Å². The number of rotatable bonds is 1. The number of hydrogen-bond donors (Lipinski definition) is 0. The number of hydrogen-bond acceptors (Lipinski definition) is 4. The summed E-state index contributed by atoms with van der Waals surface area (Å²) in [7, 11) is 1.20. The van der Waals surface area contributed by atoms with Crippen molar-refractivity contribution in [1.82, 2.24) is 0 Å². The summed E-state index contributed by atoms with van der Waals surface area (Å²) in [6, 6.07) is 2.57. The average Bonchev–Trinajstić information content (AvgIpc) is 2.30. The van der Waals surface area contributed by atoms with E-state index in [9.17, 15) is 14.0 Å². The number of carbonyl (C=O) groups is 2. The van der Waals surface area contributed by atoms with Crippen molar-refractivity contribution in [2.45, 2.75) is 12.5 Å². The molecule has 2 rings (SSSR count). The molecule has 0 radical (unpaired) electrons. The zero-order valence-electron chi connectivity index (χ0n) is 8.83. The van der Waals surface area contributed by atoms with Gasteiger partial charge in [-0.1, -0.05) is 0 Å². The lowest BCUT2D eigenvalue weighted by Gasteiger charge is -2.22. The zero-order valence-corrected chi connectivity index (χ0v) is 10.4. The Balaban J connectivity index is 2.39. The maximum absolute atomic E-state index is 13.3. The van der Waals surface area contributed by atoms with Gasteiger partial charge < -0.3 is 9.47 Å². The molecular formula is C11H8BrFO4. The number of halogens is 2. The van der Waals surface area contributed by atoms with Crippen molar-refractivity contribution in [2.24, 2.45) is 0 Å². The number of fused-ring (bicyclic) bond motifs is 1. The first-order valence-corrected chi connectivity index (χ1v) is 5.59. The van der Waals surface area contributed by atoms with Gasteiger partial charge >= 0.3 is 11.9 Å². The van der Waals surface area contributed by atoms with Crippen molar-refractivity contribution >= 4 is 27.9 Å². The summed E-state index contributed by atoms with van der Waals surface area (Å²) in [4.78, 5) is 22.9. The number of esters is 2. The normalized spacial score (nSPS) is 18.3. The maximum atomic E-state index is 13.3. The molecule has 1 aromatic carbocycles. The highest BCUT2D eigenvalue weighted by atomic mass is 79.9. The molecule has 1 aliphatic heterocycles. The Morgan fingerprint density at radius 2 is 2.29 bits per heavy atom. The number of benzene rings is 1. The molecule has 1 atom stereocenters. The molecule has 0 N–H and O–H groups in total. The average molecular weight is 303 g/mol. The van der Waals surface area contributed by atoms with E-state index < -0.39 is 23.9 Å². The second kappa shape index (κ2) is 4.44. The van der Waals surface area contributed by atoms with Crippen LogP contribution in [-0.2, 0) is 20.7 Å². The van der Waals surface area contributed by atoms with Gasteiger partial charge in [0.15, 0.2) is 0 Å². The highest BCUT2D eigenvalue weighted by molar-refractivity contribution is 9.10. The van der Waals surface area contributed by atoms with Gasteiger partial charge in [-0.2, -0.15) is 0 Å². The Labute approximate surface area is 105 Å². The van der Waals surface area contributed by atoms with E-state index in [0.717, 1.165) is 0 Å². The zero-order chi connectivity index (χ0) is 12.6. The number of methoxy groups -OCH3 is 1. The van der Waals surface area contributed by atoms with Gasteiger partial charge in [-0.25, -0.2) is 14.0 Å². The molecule has 17 heavy (non-hydrogen) atoms. The van der Waals surface area contributed by atoms with E-state index >= 15 is 0 Å². The smallest absolute Gasteiger partial charge is 0.347 e. The predicted molar refractivity (Wildman–Crippen MR) is 59.0 cm³/mol. The fourth-order valence-corrected chi connectivity index (χ4v) is 1.99. The third kappa shape index (κ3) is 2.17. The van der Waals surface area contributed by atoms with Gasteiger partial charge in [0.2, 0.25) is 6.10 Å². The molecule has 0 bridgehead atoms. The van der Waals surface area contributed by atoms with Gasteiger partial charge in [0.25, 0.3) is 0 Å². The first-order valence-electron chi connectivity index (χ1n) is 4.79. The quantitative estimate of drug-likeness (QED) is 0.743. The molecule has 0 spiro atoms. The molecule has 0 aromatic heterocycles. The van der Waals surface area contributed by atoms with Gasteiger partial charge in [0.1, 0.15) is 5.82 Å². The summed E-state index contributed by atoms with van der Waals surface area (Å²) in [6.45, 7) is 0. The monoisotopic (exact) mass is 302 g/mol. The summed E-state index contributed by atoms with van der Waals surface area (Å²) in [6.07, 6.45) is -0.877. The van der Waals surface area contributed by atoms with Crippen LogP contribution in [-0.4, -0.2) is 25.2 Å². The van der Waals surface area contributed by atoms with Gasteiger partial charge in [0, 0.05) is 6.42 Å². The van der Waals surface area contributed by atoms with E-state index in [2.05, 4.69) is 20.7 Å². The molecule has 0 aliphatic carbocycles. The molecule has 0 amide bonds. The van der Waals surface area contributed by atoms with Crippen molar-refractivity contribution in [3.8, 4) is 0 Å². The van der Waals surface area contributed by atoms with E-state index in [0.29, 0.717) is 5.56 Å². The second-order valence-electron chi connectivity index (χ2n) is 3.54. The summed E-state index contributed by atoms with van der Waals surface area (Å²) in [5.41, 5.74) is 0.704. The molecule has 1 aliphatic rings. The molecule has 0 saturated heterocycles. The van der Waals surface area contributed by atoms with Crippen LogP contribution in [0.15, 0.2) is 16.6 Å². The Bertz CT molecular complexity index is 500. The Morgan fingerprint density at radius 3 is 2.94 bits per heavy atom. The van der Waals surface area contributed by atoms with Crippen molar-refractivity contribution in [1.29, 1.82) is 0 Å². The third-order valence-electron chi connectivity index (χ3n) is 2.48. The third-order valence-corrected chi connectivity index (χ3v) is 3.09. The lowest BCUT2D eigenvalue weighted by Crippen LogP contribution is -2.35. The first kappa shape index (κ1) is 12.0. The standard InChI is InChI=1S/C11H8BrFO4/c1-16-11(15)9-3-5-2-8(13)7(12)4-6(5)10(14)17-9/h2,4,9H,3H2,1H3. The molecular weight excluding hydrogens is 295 g/mol. The molecule has 4 nitrogen and oxygen atoms in total. The van der Waals surface area contributed by atoms with Crippen molar-refractivity contribution in [3.05, 3.63) is 33.5 Å². The van der Waals surface area contributed by atoms with Crippen molar-refractivity contribution in [2.75, 3.05) is 7.11 Å². The van der Waals surface area contributed by atoms with Gasteiger partial charge in [-0.3, -0.25) is 0 Å². The minimum atomic E-state index is -0.999. The molecule has 6 heteroatoms. The van der Waals surface area contributed by atoms with E-state index in [1.807, 2.05) is 0 Å². The van der Waals surface area contributed by atoms with Crippen molar-refractivity contribution < 1.29 is 23.5 Å². The van der Waals surface area contributed by atoms with E-state index in [1.165, 1.54) is 19.2 Å². The van der Waals surface area contributed by atoms with Crippen LogP contribution in [0.25, 0.3) is 0 Å². The molecule has 1 aromatic rings. The van der Waals surface area contributed by atoms with Crippen LogP contribution < -0.4 is 0 Å². The minimum Gasteiger partial charge on any atom is -0.466 e. The van der Waals surface area contributed by atoms with Crippen LogP contribution >= 0.6 is 15.9 Å². The van der Waals surface area contributed by atoms with Crippen LogP contribution in [0.2, 0.25) is 0 Å². The maximum Gasteiger partial charge on any atom is 0.347 e. The minimum absolute atomic E-state index is 0.123. The largest absolute Gasteiger partial charge is 0.466 e. The number of ether oxygens (including phenoxy) is 2. The second-order valence-corrected chi connectivity index (χ2v) is 4.40. The molecule has 1 unspecified atom stereocenters. The van der Waals surface area contributed by atoms with Gasteiger partial charge in [0.05, 0.1) is 17.1 Å². The number of carbonyl (C=O) groups excluding carboxylic acids is 2. The van der Waals surface area contributed by atoms with Crippen molar-refractivity contribution in [3.63, 3.8) is 0 Å². The fraction of sp³-hybridized carbons (Fsp3) is 0.273. The molecule has 90 valence electrons. The first-order chi connectivity index (χ1) is 8.02. The van der Waals surface area contributed by atoms with Gasteiger partial charge in [-0.05, 0) is 33.6 Å². The van der Waals surface area contributed by atoms with E-state index in [-0.39, 0.29) is 16.5 Å². The highest BCUT2D eigenvalue weighted by Gasteiger charge is 2.32. The molecule has 0 fully saturated rings. The summed E-state index contributed by atoms with van der Waals surface area (Å²) < 4.78 is 22.9. The predicted octanol–water partition coefficient (Wildman–Crippen LogP) is 1.84. The van der Waals surface area contributed by atoms with Crippen LogP contribution in [0.1, 0.15) is 15.9 Å². The van der Waals surface area contributed by atoms with E-state index in [4.69, 9.17) is 4.74 Å². The SMILES string of the molecule is COC(=O)C1Cc2cc(F)c(Br)cc2C(=O)O1. The molecule has 0 saturated carbocycles. The van der Waals surface area contributed by atoms with E-state index in [1.54, 1.807) is 0 Å². The summed E-state index contributed by atoms with van der Waals surface area (Å²) in [5.74, 6) is -1.78. The highest BCUT2D eigenvalue weighted by Crippen LogP contribution is 2.27. The summed E-state index contributed by atoms with van der Waals surface area (Å²) >= 11 is 2.99. The van der Waals surface area contributed by atoms with Crippen LogP contribution in [0.3, 0.4) is 0 Å². The number of cyclic esters (lactones) is 1.